The van der Waals surface area contributed by atoms with Crippen LogP contribution in [0.2, 0.25) is 0 Å². The summed E-state index contributed by atoms with van der Waals surface area (Å²) in [6.45, 7) is 6.62. The molecule has 2 aliphatic rings. The van der Waals surface area contributed by atoms with Crippen molar-refractivity contribution in [2.75, 3.05) is 36.1 Å². The van der Waals surface area contributed by atoms with Crippen LogP contribution in [0.25, 0.3) is 6.08 Å². The predicted molar refractivity (Wildman–Crippen MR) is 114 cm³/mol. The average Bonchev–Trinajstić information content (AvgIpc) is 3.16. The maximum atomic E-state index is 13.1. The van der Waals surface area contributed by atoms with Gasteiger partial charge >= 0.3 is 0 Å². The molecule has 0 spiro atoms. The first-order valence-electron chi connectivity index (χ1n) is 9.35. The monoisotopic (exact) mass is 411 g/mol. The largest absolute Gasteiger partial charge is 0.441 e. The zero-order valence-corrected chi connectivity index (χ0v) is 17.0. The lowest BCUT2D eigenvalue weighted by molar-refractivity contribution is -0.122. The number of rotatable bonds is 3. The van der Waals surface area contributed by atoms with Gasteiger partial charge in [-0.25, -0.2) is 0 Å². The molecular formula is C21H21N3O4S. The highest BCUT2D eigenvalue weighted by Crippen LogP contribution is 2.27. The average molecular weight is 411 g/mol. The van der Waals surface area contributed by atoms with Crippen LogP contribution in [0, 0.1) is 13.8 Å². The number of thiocarbonyl (C=S) groups is 1. The fourth-order valence-corrected chi connectivity index (χ4v) is 3.72. The molecule has 150 valence electrons. The Morgan fingerprint density at radius 1 is 1.10 bits per heavy atom. The van der Waals surface area contributed by atoms with Gasteiger partial charge in [0, 0.05) is 19.2 Å². The Bertz CT molecular complexity index is 1020. The number of amides is 2. The molecule has 0 radical (unpaired) electrons. The Morgan fingerprint density at radius 2 is 1.86 bits per heavy atom. The molecule has 0 aliphatic carbocycles. The number of benzene rings is 1. The molecule has 0 unspecified atom stereocenters. The number of nitrogens with zero attached hydrogens (tertiary/aromatic N) is 2. The first kappa shape index (κ1) is 19.4. The highest BCUT2D eigenvalue weighted by atomic mass is 32.1. The van der Waals surface area contributed by atoms with Gasteiger partial charge < -0.3 is 14.1 Å². The zero-order valence-electron chi connectivity index (χ0n) is 16.2. The molecule has 0 bridgehead atoms. The van der Waals surface area contributed by atoms with Crippen molar-refractivity contribution in [3.63, 3.8) is 0 Å². The second-order valence-corrected chi connectivity index (χ2v) is 7.41. The highest BCUT2D eigenvalue weighted by Gasteiger charge is 2.35. The molecule has 2 aromatic rings. The molecule has 2 fully saturated rings. The third kappa shape index (κ3) is 3.81. The third-order valence-corrected chi connectivity index (χ3v) is 5.20. The number of carbonyl (C=O) groups is 2. The maximum Gasteiger partial charge on any atom is 0.270 e. The summed E-state index contributed by atoms with van der Waals surface area (Å²) in [6, 6.07) is 9.26. The number of ether oxygens (including phenoxy) is 1. The summed E-state index contributed by atoms with van der Waals surface area (Å²) < 4.78 is 11.2. The Labute approximate surface area is 173 Å². The molecule has 0 saturated carbocycles. The van der Waals surface area contributed by atoms with E-state index in [1.807, 2.05) is 38.1 Å². The number of aryl methyl sites for hydroxylation is 2. The number of hydrogen-bond acceptors (Lipinski definition) is 6. The van der Waals surface area contributed by atoms with Crippen molar-refractivity contribution in [1.29, 1.82) is 0 Å². The molecule has 1 N–H and O–H groups in total. The van der Waals surface area contributed by atoms with Gasteiger partial charge in [-0.05, 0) is 49.8 Å². The minimum absolute atomic E-state index is 0.0264. The molecular weight excluding hydrogens is 390 g/mol. The topological polar surface area (TPSA) is 75.0 Å². The van der Waals surface area contributed by atoms with Crippen LogP contribution in [-0.2, 0) is 14.3 Å². The fraction of sp³-hybridized carbons (Fsp3) is 0.286. The van der Waals surface area contributed by atoms with Gasteiger partial charge in [0.2, 0.25) is 0 Å². The molecule has 8 heteroatoms. The number of morpholine rings is 1. The van der Waals surface area contributed by atoms with Crippen molar-refractivity contribution in [3.05, 3.63) is 52.8 Å². The van der Waals surface area contributed by atoms with Crippen molar-refractivity contribution in [3.8, 4) is 0 Å². The number of carbonyl (C=O) groups excluding carboxylic acids is 2. The smallest absolute Gasteiger partial charge is 0.270 e. The van der Waals surface area contributed by atoms with E-state index in [1.54, 1.807) is 6.07 Å². The summed E-state index contributed by atoms with van der Waals surface area (Å²) in [7, 11) is 0. The summed E-state index contributed by atoms with van der Waals surface area (Å²) >= 11 is 5.27. The highest BCUT2D eigenvalue weighted by molar-refractivity contribution is 7.80. The van der Waals surface area contributed by atoms with Gasteiger partial charge in [0.05, 0.1) is 18.9 Å². The standard InChI is InChI=1S/C21H21N3O4S/c1-13-3-5-17(14(2)11-13)24-20(26)16(19(25)22-21(24)29)12-15-4-6-18(28-15)23-7-9-27-10-8-23/h3-6,11-12H,7-10H2,1-2H3,(H,22,25,29). The molecule has 2 amide bonds. The van der Waals surface area contributed by atoms with Gasteiger partial charge in [-0.1, -0.05) is 17.7 Å². The summed E-state index contributed by atoms with van der Waals surface area (Å²) in [5.74, 6) is 0.101. The number of hydrogen-bond donors (Lipinski definition) is 1. The first-order chi connectivity index (χ1) is 13.9. The molecule has 29 heavy (non-hydrogen) atoms. The molecule has 3 heterocycles. The van der Waals surface area contributed by atoms with Crippen LogP contribution >= 0.6 is 12.2 Å². The van der Waals surface area contributed by atoms with E-state index in [-0.39, 0.29) is 10.7 Å². The van der Waals surface area contributed by atoms with E-state index in [4.69, 9.17) is 21.4 Å². The van der Waals surface area contributed by atoms with Crippen LogP contribution in [0.3, 0.4) is 0 Å². The summed E-state index contributed by atoms with van der Waals surface area (Å²) in [4.78, 5) is 29.0. The Kier molecular flexibility index (Phi) is 5.21. The summed E-state index contributed by atoms with van der Waals surface area (Å²) in [5.41, 5.74) is 2.59. The Balaban J connectivity index is 1.64. The molecule has 1 aromatic carbocycles. The van der Waals surface area contributed by atoms with Gasteiger partial charge in [0.1, 0.15) is 11.3 Å². The first-order valence-corrected chi connectivity index (χ1v) is 9.76. The third-order valence-electron chi connectivity index (χ3n) is 4.92. The van der Waals surface area contributed by atoms with E-state index in [1.165, 1.54) is 11.0 Å². The van der Waals surface area contributed by atoms with Crippen molar-refractivity contribution in [1.82, 2.24) is 5.32 Å². The van der Waals surface area contributed by atoms with E-state index < -0.39 is 11.8 Å². The van der Waals surface area contributed by atoms with Crippen molar-refractivity contribution < 1.29 is 18.7 Å². The fourth-order valence-electron chi connectivity index (χ4n) is 3.45. The normalized spacial score (nSPS) is 19.1. The van der Waals surface area contributed by atoms with Crippen LogP contribution < -0.4 is 15.1 Å². The second-order valence-electron chi connectivity index (χ2n) is 7.02. The minimum Gasteiger partial charge on any atom is -0.441 e. The lowest BCUT2D eigenvalue weighted by Crippen LogP contribution is -2.54. The quantitative estimate of drug-likeness (QED) is 0.475. The van der Waals surface area contributed by atoms with Crippen molar-refractivity contribution >= 4 is 46.8 Å². The molecule has 1 aromatic heterocycles. The van der Waals surface area contributed by atoms with Gasteiger partial charge in [0.25, 0.3) is 11.8 Å². The van der Waals surface area contributed by atoms with Crippen molar-refractivity contribution in [2.24, 2.45) is 0 Å². The van der Waals surface area contributed by atoms with Crippen LogP contribution in [-0.4, -0.2) is 43.2 Å². The Morgan fingerprint density at radius 3 is 2.59 bits per heavy atom. The second kappa shape index (κ2) is 7.81. The molecule has 2 saturated heterocycles. The van der Waals surface area contributed by atoms with E-state index >= 15 is 0 Å². The van der Waals surface area contributed by atoms with E-state index in [0.29, 0.717) is 30.5 Å². The van der Waals surface area contributed by atoms with Crippen LogP contribution in [0.5, 0.6) is 0 Å². The van der Waals surface area contributed by atoms with Gasteiger partial charge in [-0.3, -0.25) is 19.8 Å². The number of anilines is 2. The van der Waals surface area contributed by atoms with E-state index in [0.717, 1.165) is 24.2 Å². The van der Waals surface area contributed by atoms with Crippen LogP contribution in [0.4, 0.5) is 11.6 Å². The van der Waals surface area contributed by atoms with E-state index in [2.05, 4.69) is 10.2 Å². The van der Waals surface area contributed by atoms with Crippen LogP contribution in [0.15, 0.2) is 40.3 Å². The van der Waals surface area contributed by atoms with Crippen molar-refractivity contribution in [2.45, 2.75) is 13.8 Å². The lowest BCUT2D eigenvalue weighted by atomic mass is 10.1. The number of furan rings is 1. The van der Waals surface area contributed by atoms with Crippen LogP contribution in [0.1, 0.15) is 16.9 Å². The summed E-state index contributed by atoms with van der Waals surface area (Å²) in [5, 5.41) is 2.67. The summed E-state index contributed by atoms with van der Waals surface area (Å²) in [6.07, 6.45) is 1.46. The Hall–Kier alpha value is -2.97. The molecule has 2 aliphatic heterocycles. The number of nitrogens with one attached hydrogen (secondary N) is 1. The van der Waals surface area contributed by atoms with Gasteiger partial charge in [-0.15, -0.1) is 0 Å². The lowest BCUT2D eigenvalue weighted by Gasteiger charge is -2.30. The SMILES string of the molecule is Cc1ccc(N2C(=O)C(=Cc3ccc(N4CCOCC4)o3)C(=O)NC2=S)c(C)c1. The molecule has 4 rings (SSSR count). The molecule has 0 atom stereocenters. The maximum absolute atomic E-state index is 13.1. The zero-order chi connectivity index (χ0) is 20.5. The van der Waals surface area contributed by atoms with Gasteiger partial charge in [0.15, 0.2) is 11.0 Å². The van der Waals surface area contributed by atoms with Gasteiger partial charge in [-0.2, -0.15) is 0 Å². The minimum atomic E-state index is -0.537. The predicted octanol–water partition coefficient (Wildman–Crippen LogP) is 2.56. The molecule has 7 nitrogen and oxygen atoms in total. The van der Waals surface area contributed by atoms with E-state index in [9.17, 15) is 9.59 Å².